The van der Waals surface area contributed by atoms with E-state index in [0.29, 0.717) is 31.1 Å². The molecule has 152 valence electrons. The number of likely N-dealkylation sites (tertiary alicyclic amines) is 1. The van der Waals surface area contributed by atoms with E-state index >= 15 is 0 Å². The van der Waals surface area contributed by atoms with E-state index in [1.165, 1.54) is 0 Å². The first-order valence-corrected chi connectivity index (χ1v) is 9.85. The second-order valence-electron chi connectivity index (χ2n) is 7.09. The molecule has 8 heteroatoms. The molecule has 28 heavy (non-hydrogen) atoms. The number of phenols is 1. The van der Waals surface area contributed by atoms with Crippen LogP contribution in [0.4, 0.5) is 0 Å². The summed E-state index contributed by atoms with van der Waals surface area (Å²) in [4.78, 5) is 16.5. The minimum atomic E-state index is -0.0768. The lowest BCUT2D eigenvalue weighted by atomic mass is 10.0. The summed E-state index contributed by atoms with van der Waals surface area (Å²) >= 11 is 0. The third-order valence-electron chi connectivity index (χ3n) is 5.32. The number of carbonyl (C=O) groups excluding carboxylic acids is 1. The normalized spacial score (nSPS) is 17.5. The van der Waals surface area contributed by atoms with Gasteiger partial charge >= 0.3 is 0 Å². The van der Waals surface area contributed by atoms with Crippen molar-refractivity contribution in [1.82, 2.24) is 24.8 Å². The highest BCUT2D eigenvalue weighted by Crippen LogP contribution is 2.27. The van der Waals surface area contributed by atoms with Crippen molar-refractivity contribution in [2.24, 2.45) is 0 Å². The van der Waals surface area contributed by atoms with E-state index in [9.17, 15) is 9.90 Å². The van der Waals surface area contributed by atoms with Crippen LogP contribution in [0.3, 0.4) is 0 Å². The van der Waals surface area contributed by atoms with Crippen LogP contribution in [0.1, 0.15) is 48.8 Å². The molecule has 1 amide bonds. The summed E-state index contributed by atoms with van der Waals surface area (Å²) in [5.41, 5.74) is 1.27. The average Bonchev–Trinajstić information content (AvgIpc) is 3.21. The van der Waals surface area contributed by atoms with E-state index in [4.69, 9.17) is 4.74 Å². The second kappa shape index (κ2) is 9.05. The third kappa shape index (κ3) is 4.44. The SMILES string of the molecule is CCN(CC)C(=O)c1cn([C@H]2CCCN(Cc3ccc(OC)cc3O)C2)nn1. The van der Waals surface area contributed by atoms with E-state index in [0.717, 1.165) is 31.5 Å². The van der Waals surface area contributed by atoms with E-state index in [1.54, 1.807) is 24.3 Å². The first-order valence-electron chi connectivity index (χ1n) is 9.85. The highest BCUT2D eigenvalue weighted by molar-refractivity contribution is 5.91. The molecule has 3 rings (SSSR count). The molecule has 2 aromatic rings. The Morgan fingerprint density at radius 3 is 2.82 bits per heavy atom. The molecule has 1 aliphatic heterocycles. The Balaban J connectivity index is 1.66. The first kappa shape index (κ1) is 20.1. The Hall–Kier alpha value is -2.61. The van der Waals surface area contributed by atoms with Crippen molar-refractivity contribution in [3.63, 3.8) is 0 Å². The van der Waals surface area contributed by atoms with Crippen LogP contribution in [0.2, 0.25) is 0 Å². The molecule has 1 aromatic carbocycles. The number of hydrogen-bond donors (Lipinski definition) is 1. The fraction of sp³-hybridized carbons (Fsp3) is 0.550. The maximum absolute atomic E-state index is 12.5. The number of amides is 1. The Labute approximate surface area is 165 Å². The zero-order valence-corrected chi connectivity index (χ0v) is 16.8. The molecule has 1 aliphatic rings. The average molecular weight is 387 g/mol. The number of aromatic nitrogens is 3. The van der Waals surface area contributed by atoms with Crippen molar-refractivity contribution in [3.05, 3.63) is 35.7 Å². The van der Waals surface area contributed by atoms with Gasteiger partial charge in [-0.25, -0.2) is 4.68 Å². The minimum absolute atomic E-state index is 0.0768. The number of methoxy groups -OCH3 is 1. The lowest BCUT2D eigenvalue weighted by Crippen LogP contribution is -2.36. The maximum atomic E-state index is 12.5. The fourth-order valence-corrected chi connectivity index (χ4v) is 3.66. The van der Waals surface area contributed by atoms with Gasteiger partial charge in [-0.2, -0.15) is 0 Å². The number of benzene rings is 1. The van der Waals surface area contributed by atoms with Crippen LogP contribution in [-0.2, 0) is 6.54 Å². The number of hydrogen-bond acceptors (Lipinski definition) is 6. The summed E-state index contributed by atoms with van der Waals surface area (Å²) < 4.78 is 6.96. The number of rotatable bonds is 7. The van der Waals surface area contributed by atoms with Crippen molar-refractivity contribution < 1.29 is 14.6 Å². The summed E-state index contributed by atoms with van der Waals surface area (Å²) in [6.07, 6.45) is 3.79. The molecular weight excluding hydrogens is 358 g/mol. The fourth-order valence-electron chi connectivity index (χ4n) is 3.66. The first-order chi connectivity index (χ1) is 13.5. The third-order valence-corrected chi connectivity index (χ3v) is 5.32. The van der Waals surface area contributed by atoms with Crippen LogP contribution in [0, 0.1) is 0 Å². The van der Waals surface area contributed by atoms with Crippen molar-refractivity contribution in [1.29, 1.82) is 0 Å². The summed E-state index contributed by atoms with van der Waals surface area (Å²) in [7, 11) is 1.58. The van der Waals surface area contributed by atoms with Gasteiger partial charge in [-0.1, -0.05) is 11.3 Å². The molecule has 0 aliphatic carbocycles. The minimum Gasteiger partial charge on any atom is -0.507 e. The second-order valence-corrected chi connectivity index (χ2v) is 7.09. The summed E-state index contributed by atoms with van der Waals surface area (Å²) in [5.74, 6) is 0.812. The van der Waals surface area contributed by atoms with Gasteiger partial charge in [0.15, 0.2) is 5.69 Å². The van der Waals surface area contributed by atoms with Gasteiger partial charge in [-0.3, -0.25) is 9.69 Å². The topological polar surface area (TPSA) is 83.7 Å². The quantitative estimate of drug-likeness (QED) is 0.785. The summed E-state index contributed by atoms with van der Waals surface area (Å²) in [5, 5.41) is 18.5. The van der Waals surface area contributed by atoms with Crippen LogP contribution >= 0.6 is 0 Å². The van der Waals surface area contributed by atoms with Gasteiger partial charge < -0.3 is 14.7 Å². The number of phenolic OH excluding ortho intramolecular Hbond substituents is 1. The predicted octanol–water partition coefficient (Wildman–Crippen LogP) is 2.31. The molecular formula is C20H29N5O3. The molecule has 1 aromatic heterocycles. The molecule has 0 radical (unpaired) electrons. The lowest BCUT2D eigenvalue weighted by molar-refractivity contribution is 0.0767. The van der Waals surface area contributed by atoms with Gasteiger partial charge in [-0.15, -0.1) is 5.10 Å². The van der Waals surface area contributed by atoms with Crippen LogP contribution in [0.25, 0.3) is 0 Å². The monoisotopic (exact) mass is 387 g/mol. The zero-order chi connectivity index (χ0) is 20.1. The summed E-state index contributed by atoms with van der Waals surface area (Å²) in [6, 6.07) is 5.56. The smallest absolute Gasteiger partial charge is 0.276 e. The number of nitrogens with zero attached hydrogens (tertiary/aromatic N) is 5. The Morgan fingerprint density at radius 1 is 1.36 bits per heavy atom. The molecule has 1 N–H and O–H groups in total. The van der Waals surface area contributed by atoms with E-state index in [1.807, 2.05) is 30.7 Å². The van der Waals surface area contributed by atoms with Gasteiger partial charge in [0.2, 0.25) is 0 Å². The number of ether oxygens (including phenoxy) is 1. The zero-order valence-electron chi connectivity index (χ0n) is 16.8. The van der Waals surface area contributed by atoms with Crippen molar-refractivity contribution in [3.8, 4) is 11.5 Å². The van der Waals surface area contributed by atoms with E-state index < -0.39 is 0 Å². The molecule has 1 saturated heterocycles. The van der Waals surface area contributed by atoms with Crippen LogP contribution in [0.15, 0.2) is 24.4 Å². The Bertz CT molecular complexity index is 803. The van der Waals surface area contributed by atoms with Gasteiger partial charge in [0.1, 0.15) is 11.5 Å². The van der Waals surface area contributed by atoms with Gasteiger partial charge in [0.25, 0.3) is 5.91 Å². The number of aromatic hydroxyl groups is 1. The van der Waals surface area contributed by atoms with Crippen molar-refractivity contribution in [2.75, 3.05) is 33.3 Å². The van der Waals surface area contributed by atoms with Crippen molar-refractivity contribution in [2.45, 2.75) is 39.3 Å². The molecule has 1 atom stereocenters. The molecule has 0 spiro atoms. The summed E-state index contributed by atoms with van der Waals surface area (Å²) in [6.45, 7) is 7.65. The van der Waals surface area contributed by atoms with Crippen LogP contribution < -0.4 is 4.74 Å². The van der Waals surface area contributed by atoms with Crippen molar-refractivity contribution >= 4 is 5.91 Å². The largest absolute Gasteiger partial charge is 0.507 e. The van der Waals surface area contributed by atoms with Gasteiger partial charge in [0, 0.05) is 37.8 Å². The standard InChI is InChI=1S/C20H29N5O3/c1-4-24(5-2)20(27)18-14-25(22-21-18)16-7-6-10-23(13-16)12-15-8-9-17(28-3)11-19(15)26/h8-9,11,14,16,26H,4-7,10,12-13H2,1-3H3/t16-/m0/s1. The van der Waals surface area contributed by atoms with Crippen LogP contribution in [0.5, 0.6) is 11.5 Å². The molecule has 1 fully saturated rings. The van der Waals surface area contributed by atoms with Gasteiger partial charge in [-0.05, 0) is 39.3 Å². The Morgan fingerprint density at radius 2 is 2.14 bits per heavy atom. The van der Waals surface area contributed by atoms with Crippen LogP contribution in [-0.4, -0.2) is 69.1 Å². The lowest BCUT2D eigenvalue weighted by Gasteiger charge is -2.32. The molecule has 0 bridgehead atoms. The molecule has 0 unspecified atom stereocenters. The maximum Gasteiger partial charge on any atom is 0.276 e. The van der Waals surface area contributed by atoms with E-state index in [2.05, 4.69) is 15.2 Å². The molecule has 8 nitrogen and oxygen atoms in total. The Kier molecular flexibility index (Phi) is 6.51. The number of carbonyl (C=O) groups is 1. The predicted molar refractivity (Wildman–Crippen MR) is 105 cm³/mol. The number of piperidine rings is 1. The van der Waals surface area contributed by atoms with E-state index in [-0.39, 0.29) is 17.7 Å². The molecule has 0 saturated carbocycles. The molecule has 2 heterocycles. The highest BCUT2D eigenvalue weighted by Gasteiger charge is 2.25. The van der Waals surface area contributed by atoms with Gasteiger partial charge in [0.05, 0.1) is 19.3 Å². The highest BCUT2D eigenvalue weighted by atomic mass is 16.5.